The van der Waals surface area contributed by atoms with Crippen molar-refractivity contribution in [2.24, 2.45) is 5.73 Å². The molecule has 0 bridgehead atoms. The second-order valence-corrected chi connectivity index (χ2v) is 4.61. The number of para-hydroxylation sites is 1. The lowest BCUT2D eigenvalue weighted by Crippen LogP contribution is -2.20. The molecule has 0 saturated heterocycles. The van der Waals surface area contributed by atoms with Gasteiger partial charge in [-0.05, 0) is 12.1 Å². The third-order valence-corrected chi connectivity index (χ3v) is 3.16. The number of fused-ring (bicyclic) bond motifs is 1. The molecule has 1 aromatic heterocycles. The predicted molar refractivity (Wildman–Crippen MR) is 74.3 cm³/mol. The number of hydrogen-bond acceptors (Lipinski definition) is 3. The molecule has 5 nitrogen and oxygen atoms in total. The van der Waals surface area contributed by atoms with Gasteiger partial charge in [0.05, 0.1) is 28.5 Å². The van der Waals surface area contributed by atoms with Crippen molar-refractivity contribution in [2.75, 3.05) is 13.2 Å². The summed E-state index contributed by atoms with van der Waals surface area (Å²) in [5, 5.41) is 0.608. The third-order valence-electron chi connectivity index (χ3n) is 2.62. The van der Waals surface area contributed by atoms with Crippen molar-refractivity contribution < 1.29 is 9.53 Å². The number of carbonyl (C=O) groups excluding carboxylic acids is 1. The van der Waals surface area contributed by atoms with Gasteiger partial charge < -0.3 is 15.0 Å². The van der Waals surface area contributed by atoms with Crippen LogP contribution in [0.25, 0.3) is 11.0 Å². The van der Waals surface area contributed by atoms with Gasteiger partial charge in [0.25, 0.3) is 0 Å². The molecule has 0 atom stereocenters. The van der Waals surface area contributed by atoms with Crippen LogP contribution in [0, 0.1) is 0 Å². The molecule has 0 unspecified atom stereocenters. The number of ether oxygens (including phenoxy) is 1. The number of amides is 1. The highest BCUT2D eigenvalue weighted by atomic mass is 35.5. The molecule has 102 valence electrons. The fourth-order valence-electron chi connectivity index (χ4n) is 1.86. The number of rotatable bonds is 6. The normalized spacial score (nSPS) is 11.1. The molecule has 0 aliphatic heterocycles. The highest BCUT2D eigenvalue weighted by Crippen LogP contribution is 2.25. The predicted octanol–water partition coefficient (Wildman–Crippen LogP) is 1.93. The van der Waals surface area contributed by atoms with E-state index >= 15 is 0 Å². The van der Waals surface area contributed by atoms with E-state index in [0.717, 1.165) is 11.0 Å². The van der Waals surface area contributed by atoms with E-state index in [1.54, 1.807) is 6.07 Å². The topological polar surface area (TPSA) is 70.1 Å². The van der Waals surface area contributed by atoms with E-state index in [-0.39, 0.29) is 12.5 Å². The molecule has 1 heterocycles. The number of nitrogens with zero attached hydrogens (tertiary/aromatic N) is 2. The average molecular weight is 302 g/mol. The van der Waals surface area contributed by atoms with Gasteiger partial charge in [-0.15, -0.1) is 11.6 Å². The molecule has 19 heavy (non-hydrogen) atoms. The molecule has 2 N–H and O–H groups in total. The molecular weight excluding hydrogens is 289 g/mol. The Morgan fingerprint density at radius 1 is 1.47 bits per heavy atom. The van der Waals surface area contributed by atoms with Gasteiger partial charge in [0.2, 0.25) is 5.91 Å². The minimum absolute atomic E-state index is 0.101. The molecule has 2 rings (SSSR count). The van der Waals surface area contributed by atoms with E-state index in [0.29, 0.717) is 24.0 Å². The summed E-state index contributed by atoms with van der Waals surface area (Å²) in [7, 11) is 0. The van der Waals surface area contributed by atoms with Crippen LogP contribution in [0.15, 0.2) is 18.2 Å². The van der Waals surface area contributed by atoms with Crippen molar-refractivity contribution >= 4 is 40.1 Å². The van der Waals surface area contributed by atoms with Gasteiger partial charge in [0, 0.05) is 6.54 Å². The zero-order chi connectivity index (χ0) is 13.8. The lowest BCUT2D eigenvalue weighted by Gasteiger charge is -2.08. The van der Waals surface area contributed by atoms with Crippen molar-refractivity contribution in [3.8, 4) is 0 Å². The van der Waals surface area contributed by atoms with Crippen LogP contribution in [-0.2, 0) is 22.0 Å². The molecular formula is C12H13Cl2N3O2. The van der Waals surface area contributed by atoms with Gasteiger partial charge >= 0.3 is 0 Å². The minimum Gasteiger partial charge on any atom is -0.370 e. The number of aromatic nitrogens is 2. The lowest BCUT2D eigenvalue weighted by molar-refractivity contribution is -0.122. The van der Waals surface area contributed by atoms with Crippen molar-refractivity contribution in [1.82, 2.24) is 9.55 Å². The molecule has 0 fully saturated rings. The Morgan fingerprint density at radius 2 is 2.26 bits per heavy atom. The molecule has 2 aromatic rings. The number of halogens is 2. The first-order valence-electron chi connectivity index (χ1n) is 5.69. The second kappa shape index (κ2) is 6.23. The molecule has 1 aromatic carbocycles. The molecule has 0 aliphatic carbocycles. The van der Waals surface area contributed by atoms with E-state index < -0.39 is 5.91 Å². The van der Waals surface area contributed by atoms with Crippen molar-refractivity contribution in [3.63, 3.8) is 0 Å². The number of hydrogen-bond donors (Lipinski definition) is 1. The second-order valence-electron chi connectivity index (χ2n) is 3.94. The largest absolute Gasteiger partial charge is 0.370 e. The van der Waals surface area contributed by atoms with Crippen LogP contribution in [0.1, 0.15) is 5.82 Å². The average Bonchev–Trinajstić information content (AvgIpc) is 2.74. The van der Waals surface area contributed by atoms with Gasteiger partial charge in [-0.3, -0.25) is 4.79 Å². The maximum atomic E-state index is 10.6. The van der Waals surface area contributed by atoms with Crippen LogP contribution < -0.4 is 5.73 Å². The van der Waals surface area contributed by atoms with Crippen LogP contribution in [-0.4, -0.2) is 28.7 Å². The Balaban J connectivity index is 2.22. The van der Waals surface area contributed by atoms with Crippen molar-refractivity contribution in [1.29, 1.82) is 0 Å². The zero-order valence-corrected chi connectivity index (χ0v) is 11.6. The van der Waals surface area contributed by atoms with Crippen LogP contribution in [0.4, 0.5) is 0 Å². The quantitative estimate of drug-likeness (QED) is 0.655. The zero-order valence-electron chi connectivity index (χ0n) is 10.1. The first-order chi connectivity index (χ1) is 9.13. The number of nitrogens with two attached hydrogens (primary N) is 1. The highest BCUT2D eigenvalue weighted by molar-refractivity contribution is 6.35. The fourth-order valence-corrected chi connectivity index (χ4v) is 2.34. The summed E-state index contributed by atoms with van der Waals surface area (Å²) in [4.78, 5) is 15.0. The van der Waals surface area contributed by atoms with E-state index in [4.69, 9.17) is 33.7 Å². The number of imidazole rings is 1. The number of benzene rings is 1. The molecule has 1 amide bonds. The lowest BCUT2D eigenvalue weighted by atomic mass is 10.3. The molecule has 7 heteroatoms. The standard InChI is InChI=1S/C12H13Cl2N3O2/c13-6-11-16-9-3-1-2-8(14)12(9)17(11)4-5-19-7-10(15)18/h1-3H,4-7H2,(H2,15,18). The number of alkyl halides is 1. The third kappa shape index (κ3) is 3.18. The summed E-state index contributed by atoms with van der Waals surface area (Å²) in [6.07, 6.45) is 0. The van der Waals surface area contributed by atoms with Gasteiger partial charge in [-0.1, -0.05) is 17.7 Å². The maximum Gasteiger partial charge on any atom is 0.243 e. The maximum absolute atomic E-state index is 10.6. The summed E-state index contributed by atoms with van der Waals surface area (Å²) in [6, 6.07) is 5.51. The van der Waals surface area contributed by atoms with E-state index in [2.05, 4.69) is 4.98 Å². The Hall–Kier alpha value is -1.30. The number of carbonyl (C=O) groups is 1. The first kappa shape index (κ1) is 14.1. The van der Waals surface area contributed by atoms with E-state index in [1.165, 1.54) is 0 Å². The van der Waals surface area contributed by atoms with Gasteiger partial charge in [0.1, 0.15) is 12.4 Å². The number of primary amides is 1. The van der Waals surface area contributed by atoms with Crippen LogP contribution in [0.3, 0.4) is 0 Å². The van der Waals surface area contributed by atoms with Crippen LogP contribution in [0.2, 0.25) is 5.02 Å². The minimum atomic E-state index is -0.494. The highest BCUT2D eigenvalue weighted by Gasteiger charge is 2.12. The Kier molecular flexibility index (Phi) is 4.63. The van der Waals surface area contributed by atoms with Crippen LogP contribution >= 0.6 is 23.2 Å². The molecule has 0 radical (unpaired) electrons. The Morgan fingerprint density at radius 3 is 2.95 bits per heavy atom. The van der Waals surface area contributed by atoms with Gasteiger partial charge in [-0.2, -0.15) is 0 Å². The van der Waals surface area contributed by atoms with Crippen molar-refractivity contribution in [2.45, 2.75) is 12.4 Å². The van der Waals surface area contributed by atoms with Gasteiger partial charge in [0.15, 0.2) is 0 Å². The summed E-state index contributed by atoms with van der Waals surface area (Å²) in [6.45, 7) is 0.746. The Bertz CT molecular complexity index is 598. The van der Waals surface area contributed by atoms with E-state index in [9.17, 15) is 4.79 Å². The summed E-state index contributed by atoms with van der Waals surface area (Å²) >= 11 is 12.1. The van der Waals surface area contributed by atoms with Crippen molar-refractivity contribution in [3.05, 3.63) is 29.0 Å². The van der Waals surface area contributed by atoms with E-state index in [1.807, 2.05) is 16.7 Å². The summed E-state index contributed by atoms with van der Waals surface area (Å²) in [5.74, 6) is 0.499. The summed E-state index contributed by atoms with van der Waals surface area (Å²) < 4.78 is 7.04. The molecule has 0 saturated carbocycles. The smallest absolute Gasteiger partial charge is 0.243 e. The SMILES string of the molecule is NC(=O)COCCn1c(CCl)nc2cccc(Cl)c21. The summed E-state index contributed by atoms with van der Waals surface area (Å²) in [5.41, 5.74) is 6.61. The fraction of sp³-hybridized carbons (Fsp3) is 0.333. The monoisotopic (exact) mass is 301 g/mol. The first-order valence-corrected chi connectivity index (χ1v) is 6.60. The Labute approximate surface area is 120 Å². The van der Waals surface area contributed by atoms with Gasteiger partial charge in [-0.25, -0.2) is 4.98 Å². The molecule has 0 aliphatic rings. The van der Waals surface area contributed by atoms with Crippen LogP contribution in [0.5, 0.6) is 0 Å². The molecule has 0 spiro atoms.